The topological polar surface area (TPSA) is 40.6 Å². The monoisotopic (exact) mass is 246 g/mol. The first-order valence-electron chi connectivity index (χ1n) is 6.16. The first-order valence-corrected chi connectivity index (χ1v) is 6.16. The Morgan fingerprint density at radius 1 is 1.11 bits per heavy atom. The zero-order valence-electron chi connectivity index (χ0n) is 10.8. The third kappa shape index (κ3) is 2.70. The molecule has 96 valence electrons. The fraction of sp³-hybridized carbons (Fsp3) is 0.429. The van der Waals surface area contributed by atoms with Crippen LogP contribution < -0.4 is 4.90 Å². The van der Waals surface area contributed by atoms with Gasteiger partial charge in [0.05, 0.1) is 0 Å². The standard InChI is InChI=1S/C14H18N2O2/c1-15(2)12-5-3-11(4-6-12)14(18)16-9-7-13(17)8-10-16/h3-6H,7-10H2,1-2H3. The van der Waals surface area contributed by atoms with Gasteiger partial charge in [-0.05, 0) is 24.3 Å². The van der Waals surface area contributed by atoms with Gasteiger partial charge in [-0.25, -0.2) is 0 Å². The van der Waals surface area contributed by atoms with Gasteiger partial charge in [0.1, 0.15) is 5.78 Å². The van der Waals surface area contributed by atoms with Gasteiger partial charge in [0.25, 0.3) is 5.91 Å². The second-order valence-corrected chi connectivity index (χ2v) is 4.77. The normalized spacial score (nSPS) is 15.7. The summed E-state index contributed by atoms with van der Waals surface area (Å²) in [6, 6.07) is 7.55. The van der Waals surface area contributed by atoms with Gasteiger partial charge < -0.3 is 9.80 Å². The Balaban J connectivity index is 2.07. The lowest BCUT2D eigenvalue weighted by molar-refractivity contribution is -0.120. The van der Waals surface area contributed by atoms with Crippen LogP contribution in [0.4, 0.5) is 5.69 Å². The molecule has 1 fully saturated rings. The smallest absolute Gasteiger partial charge is 0.253 e. The fourth-order valence-electron chi connectivity index (χ4n) is 2.04. The molecule has 2 rings (SSSR count). The number of ketones is 1. The maximum absolute atomic E-state index is 12.2. The number of rotatable bonds is 2. The van der Waals surface area contributed by atoms with Crippen molar-refractivity contribution in [3.05, 3.63) is 29.8 Å². The van der Waals surface area contributed by atoms with Crippen LogP contribution in [0.25, 0.3) is 0 Å². The predicted octanol–water partition coefficient (Wildman–Crippen LogP) is 1.56. The van der Waals surface area contributed by atoms with Gasteiger partial charge in [0, 0.05) is 51.3 Å². The number of hydrogen-bond acceptors (Lipinski definition) is 3. The highest BCUT2D eigenvalue weighted by molar-refractivity contribution is 5.95. The number of hydrogen-bond donors (Lipinski definition) is 0. The van der Waals surface area contributed by atoms with E-state index < -0.39 is 0 Å². The summed E-state index contributed by atoms with van der Waals surface area (Å²) in [5.41, 5.74) is 1.76. The largest absolute Gasteiger partial charge is 0.378 e. The van der Waals surface area contributed by atoms with E-state index in [0.29, 0.717) is 31.5 Å². The van der Waals surface area contributed by atoms with Gasteiger partial charge in [-0.2, -0.15) is 0 Å². The van der Waals surface area contributed by atoms with Crippen molar-refractivity contribution in [1.29, 1.82) is 0 Å². The molecule has 1 aliphatic heterocycles. The van der Waals surface area contributed by atoms with Crippen molar-refractivity contribution in [1.82, 2.24) is 4.90 Å². The highest BCUT2D eigenvalue weighted by atomic mass is 16.2. The van der Waals surface area contributed by atoms with Crippen LogP contribution in [0, 0.1) is 0 Å². The number of Topliss-reactive ketones (excluding diaryl/α,β-unsaturated/α-hetero) is 1. The van der Waals surface area contributed by atoms with Crippen LogP contribution in [0.2, 0.25) is 0 Å². The van der Waals surface area contributed by atoms with Gasteiger partial charge in [-0.1, -0.05) is 0 Å². The van der Waals surface area contributed by atoms with Crippen molar-refractivity contribution in [2.24, 2.45) is 0 Å². The summed E-state index contributed by atoms with van der Waals surface area (Å²) in [5.74, 6) is 0.273. The van der Waals surface area contributed by atoms with Crippen molar-refractivity contribution in [2.75, 3.05) is 32.1 Å². The molecular formula is C14H18N2O2. The number of amides is 1. The summed E-state index contributed by atoms with van der Waals surface area (Å²) >= 11 is 0. The minimum Gasteiger partial charge on any atom is -0.378 e. The Kier molecular flexibility index (Phi) is 3.65. The molecule has 4 nitrogen and oxygen atoms in total. The van der Waals surface area contributed by atoms with Crippen molar-refractivity contribution >= 4 is 17.4 Å². The van der Waals surface area contributed by atoms with Crippen molar-refractivity contribution in [2.45, 2.75) is 12.8 Å². The Morgan fingerprint density at radius 3 is 2.17 bits per heavy atom. The quantitative estimate of drug-likeness (QED) is 0.795. The van der Waals surface area contributed by atoms with E-state index in [-0.39, 0.29) is 11.7 Å². The molecule has 1 amide bonds. The minimum atomic E-state index is 0.0211. The molecule has 1 aromatic rings. The summed E-state index contributed by atoms with van der Waals surface area (Å²) in [6.07, 6.45) is 0.975. The van der Waals surface area contributed by atoms with E-state index in [0.717, 1.165) is 5.69 Å². The number of likely N-dealkylation sites (tertiary alicyclic amines) is 1. The summed E-state index contributed by atoms with van der Waals surface area (Å²) < 4.78 is 0. The highest BCUT2D eigenvalue weighted by Gasteiger charge is 2.21. The van der Waals surface area contributed by atoms with Crippen molar-refractivity contribution in [3.63, 3.8) is 0 Å². The van der Waals surface area contributed by atoms with Gasteiger partial charge in [-0.15, -0.1) is 0 Å². The third-order valence-electron chi connectivity index (χ3n) is 3.24. The number of carbonyl (C=O) groups excluding carboxylic acids is 2. The number of carbonyl (C=O) groups is 2. The lowest BCUT2D eigenvalue weighted by Crippen LogP contribution is -2.38. The van der Waals surface area contributed by atoms with Crippen LogP contribution >= 0.6 is 0 Å². The van der Waals surface area contributed by atoms with E-state index in [1.807, 2.05) is 43.3 Å². The van der Waals surface area contributed by atoms with Crippen LogP contribution in [0.3, 0.4) is 0 Å². The highest BCUT2D eigenvalue weighted by Crippen LogP contribution is 2.15. The molecule has 1 aliphatic rings. The molecular weight excluding hydrogens is 228 g/mol. The first kappa shape index (κ1) is 12.6. The summed E-state index contributed by atoms with van der Waals surface area (Å²) in [6.45, 7) is 1.10. The van der Waals surface area contributed by atoms with E-state index in [1.165, 1.54) is 0 Å². The first-order chi connectivity index (χ1) is 8.58. The van der Waals surface area contributed by atoms with Crippen molar-refractivity contribution < 1.29 is 9.59 Å². The van der Waals surface area contributed by atoms with Gasteiger partial charge in [0.15, 0.2) is 0 Å². The molecule has 1 heterocycles. The Hall–Kier alpha value is -1.84. The molecule has 0 N–H and O–H groups in total. The zero-order valence-corrected chi connectivity index (χ0v) is 10.8. The molecule has 1 aromatic carbocycles. The predicted molar refractivity (Wildman–Crippen MR) is 70.9 cm³/mol. The number of piperidine rings is 1. The van der Waals surface area contributed by atoms with E-state index in [4.69, 9.17) is 0 Å². The van der Waals surface area contributed by atoms with E-state index in [1.54, 1.807) is 4.90 Å². The number of nitrogens with zero attached hydrogens (tertiary/aromatic N) is 2. The molecule has 18 heavy (non-hydrogen) atoms. The Labute approximate surface area is 107 Å². The van der Waals surface area contributed by atoms with Crippen LogP contribution in [0.1, 0.15) is 23.2 Å². The molecule has 0 aromatic heterocycles. The molecule has 0 atom stereocenters. The molecule has 0 saturated carbocycles. The molecule has 0 radical (unpaired) electrons. The SMILES string of the molecule is CN(C)c1ccc(C(=O)N2CCC(=O)CC2)cc1. The maximum Gasteiger partial charge on any atom is 0.253 e. The molecule has 0 unspecified atom stereocenters. The fourth-order valence-corrected chi connectivity index (χ4v) is 2.04. The van der Waals surface area contributed by atoms with Gasteiger partial charge in [0.2, 0.25) is 0 Å². The van der Waals surface area contributed by atoms with E-state index >= 15 is 0 Å². The van der Waals surface area contributed by atoms with Crippen molar-refractivity contribution in [3.8, 4) is 0 Å². The average Bonchev–Trinajstić information content (AvgIpc) is 2.39. The summed E-state index contributed by atoms with van der Waals surface area (Å²) in [7, 11) is 3.93. The van der Waals surface area contributed by atoms with Gasteiger partial charge in [-0.3, -0.25) is 9.59 Å². The molecule has 1 saturated heterocycles. The lowest BCUT2D eigenvalue weighted by atomic mass is 10.1. The molecule has 4 heteroatoms. The second-order valence-electron chi connectivity index (χ2n) is 4.77. The average molecular weight is 246 g/mol. The van der Waals surface area contributed by atoms with Crippen LogP contribution in [-0.2, 0) is 4.79 Å². The summed E-state index contributed by atoms with van der Waals surface area (Å²) in [4.78, 5) is 27.1. The van der Waals surface area contributed by atoms with Crippen LogP contribution in [0.5, 0.6) is 0 Å². The third-order valence-corrected chi connectivity index (χ3v) is 3.24. The Bertz CT molecular complexity index is 441. The zero-order chi connectivity index (χ0) is 13.1. The maximum atomic E-state index is 12.2. The molecule has 0 aliphatic carbocycles. The second kappa shape index (κ2) is 5.21. The van der Waals surface area contributed by atoms with E-state index in [2.05, 4.69) is 0 Å². The summed E-state index contributed by atoms with van der Waals surface area (Å²) in [5, 5.41) is 0. The Morgan fingerprint density at radius 2 is 1.67 bits per heavy atom. The minimum absolute atomic E-state index is 0.0211. The van der Waals surface area contributed by atoms with Crippen LogP contribution in [-0.4, -0.2) is 43.8 Å². The van der Waals surface area contributed by atoms with E-state index in [9.17, 15) is 9.59 Å². The number of anilines is 1. The molecule has 0 bridgehead atoms. The molecule has 0 spiro atoms. The number of benzene rings is 1. The lowest BCUT2D eigenvalue weighted by Gasteiger charge is -2.26. The van der Waals surface area contributed by atoms with Crippen LogP contribution in [0.15, 0.2) is 24.3 Å². The van der Waals surface area contributed by atoms with Gasteiger partial charge >= 0.3 is 0 Å².